The van der Waals surface area contributed by atoms with Crippen molar-refractivity contribution in [2.75, 3.05) is 16.2 Å². The molecular weight excluding hydrogens is 408 g/mol. The van der Waals surface area contributed by atoms with Gasteiger partial charge in [0, 0.05) is 33.2 Å². The fraction of sp³-hybridized carbons (Fsp3) is 0.200. The molecule has 1 saturated heterocycles. The highest BCUT2D eigenvalue weighted by Crippen LogP contribution is 2.25. The van der Waals surface area contributed by atoms with Gasteiger partial charge in [-0.15, -0.1) is 11.3 Å². The normalized spacial score (nSPS) is 16.9. The van der Waals surface area contributed by atoms with Gasteiger partial charge in [-0.25, -0.2) is 13.4 Å². The summed E-state index contributed by atoms with van der Waals surface area (Å²) in [5, 5.41) is 5.32. The van der Waals surface area contributed by atoms with Crippen LogP contribution >= 0.6 is 11.3 Å². The highest BCUT2D eigenvalue weighted by Gasteiger charge is 2.32. The Hall–Kier alpha value is -2.75. The van der Waals surface area contributed by atoms with Crippen LogP contribution in [0.25, 0.3) is 0 Å². The molecule has 2 heterocycles. The van der Waals surface area contributed by atoms with E-state index >= 15 is 0 Å². The smallest absolute Gasteiger partial charge is 0.263 e. The summed E-state index contributed by atoms with van der Waals surface area (Å²) in [6.45, 7) is 1.22. The topological polar surface area (TPSA) is 91.4 Å². The van der Waals surface area contributed by atoms with Gasteiger partial charge in [0.15, 0.2) is 5.13 Å². The lowest BCUT2D eigenvalue weighted by atomic mass is 10.2. The number of carbonyl (C=O) groups is 1. The van der Waals surface area contributed by atoms with Crippen LogP contribution in [0.5, 0.6) is 0 Å². The lowest BCUT2D eigenvalue weighted by Crippen LogP contribution is -2.38. The largest absolute Gasteiger partial charge is 0.311 e. The number of benzene rings is 2. The Morgan fingerprint density at radius 2 is 1.90 bits per heavy atom. The van der Waals surface area contributed by atoms with Crippen molar-refractivity contribution in [2.45, 2.75) is 23.9 Å². The fourth-order valence-corrected chi connectivity index (χ4v) is 5.00. The molecular formula is C20H24N4O3S2. The Morgan fingerprint density at radius 1 is 1.14 bits per heavy atom. The van der Waals surface area contributed by atoms with E-state index in [9.17, 15) is 13.2 Å². The van der Waals surface area contributed by atoms with Gasteiger partial charge in [0.2, 0.25) is 5.91 Å². The molecule has 2 aromatic carbocycles. The minimum absolute atomic E-state index is 0. The van der Waals surface area contributed by atoms with Gasteiger partial charge in [0.1, 0.15) is 0 Å². The van der Waals surface area contributed by atoms with Gasteiger partial charge >= 0.3 is 0 Å². The summed E-state index contributed by atoms with van der Waals surface area (Å²) >= 11 is 1.21. The van der Waals surface area contributed by atoms with Gasteiger partial charge in [-0.05, 0) is 36.2 Å². The van der Waals surface area contributed by atoms with Gasteiger partial charge in [-0.1, -0.05) is 30.3 Å². The SMILES string of the molecule is O=C1[C@@H](NCc2ccccc2)CCN1c1ccc(S(=O)(=O)Nc2nccs2)cc1.[HH].[HH]. The summed E-state index contributed by atoms with van der Waals surface area (Å²) in [6, 6.07) is 16.0. The first-order chi connectivity index (χ1) is 14.0. The van der Waals surface area contributed by atoms with Crippen molar-refractivity contribution in [3.63, 3.8) is 0 Å². The quantitative estimate of drug-likeness (QED) is 0.598. The average Bonchev–Trinajstić information content (AvgIpc) is 3.36. The number of carbonyl (C=O) groups excluding carboxylic acids is 1. The number of thiazole rings is 1. The maximum Gasteiger partial charge on any atom is 0.263 e. The first-order valence-electron chi connectivity index (χ1n) is 9.14. The second kappa shape index (κ2) is 8.32. The molecule has 29 heavy (non-hydrogen) atoms. The van der Waals surface area contributed by atoms with Crippen molar-refractivity contribution in [1.29, 1.82) is 0 Å². The molecule has 1 aliphatic rings. The highest BCUT2D eigenvalue weighted by atomic mass is 32.2. The standard InChI is InChI=1S/C20H20N4O3S2.2H2/c25-19-18(22-14-15-4-2-1-3-5-15)10-12-24(19)16-6-8-17(9-7-16)29(26,27)23-20-21-11-13-28-20;;/h1-9,11,13,18,22H,10,12,14H2,(H,21,23);2*1H/t18-;;/m0../s1. The van der Waals surface area contributed by atoms with E-state index in [1.54, 1.807) is 22.4 Å². The van der Waals surface area contributed by atoms with E-state index in [0.717, 1.165) is 5.56 Å². The molecule has 3 aromatic rings. The number of nitrogens with one attached hydrogen (secondary N) is 2. The molecule has 1 aliphatic heterocycles. The lowest BCUT2D eigenvalue weighted by Gasteiger charge is -2.18. The molecule has 0 spiro atoms. The lowest BCUT2D eigenvalue weighted by molar-refractivity contribution is -0.118. The molecule has 0 radical (unpaired) electrons. The van der Waals surface area contributed by atoms with E-state index in [0.29, 0.717) is 30.3 Å². The first kappa shape index (κ1) is 19.6. The zero-order valence-corrected chi connectivity index (χ0v) is 17.1. The number of aromatic nitrogens is 1. The Morgan fingerprint density at radius 3 is 2.59 bits per heavy atom. The minimum Gasteiger partial charge on any atom is -0.311 e. The van der Waals surface area contributed by atoms with Crippen molar-refractivity contribution in [1.82, 2.24) is 10.3 Å². The molecule has 0 bridgehead atoms. The van der Waals surface area contributed by atoms with Crippen molar-refractivity contribution >= 4 is 38.1 Å². The third-order valence-electron chi connectivity index (χ3n) is 4.71. The summed E-state index contributed by atoms with van der Waals surface area (Å²) in [5.74, 6) is -0.00236. The predicted octanol–water partition coefficient (Wildman–Crippen LogP) is 3.33. The molecule has 4 rings (SSSR count). The maximum atomic E-state index is 12.7. The van der Waals surface area contributed by atoms with Crippen LogP contribution in [-0.2, 0) is 21.4 Å². The Kier molecular flexibility index (Phi) is 5.61. The van der Waals surface area contributed by atoms with Crippen LogP contribution in [0.2, 0.25) is 0 Å². The van der Waals surface area contributed by atoms with E-state index in [1.165, 1.54) is 29.7 Å². The molecule has 2 N–H and O–H groups in total. The second-order valence-electron chi connectivity index (χ2n) is 6.63. The van der Waals surface area contributed by atoms with Crippen LogP contribution in [0, 0.1) is 0 Å². The number of hydrogen-bond acceptors (Lipinski definition) is 6. The van der Waals surface area contributed by atoms with Gasteiger partial charge in [-0.3, -0.25) is 9.52 Å². The van der Waals surface area contributed by atoms with E-state index < -0.39 is 10.0 Å². The summed E-state index contributed by atoms with van der Waals surface area (Å²) in [5.41, 5.74) is 1.81. The highest BCUT2D eigenvalue weighted by molar-refractivity contribution is 7.93. The van der Waals surface area contributed by atoms with Crippen molar-refractivity contribution in [3.8, 4) is 0 Å². The van der Waals surface area contributed by atoms with Gasteiger partial charge in [0.25, 0.3) is 10.0 Å². The molecule has 7 nitrogen and oxygen atoms in total. The third-order valence-corrected chi connectivity index (χ3v) is 6.89. The number of nitrogens with zero attached hydrogens (tertiary/aromatic N) is 2. The molecule has 1 amide bonds. The summed E-state index contributed by atoms with van der Waals surface area (Å²) < 4.78 is 27.3. The fourth-order valence-electron chi connectivity index (χ4n) is 3.22. The predicted molar refractivity (Wildman–Crippen MR) is 118 cm³/mol. The molecule has 1 atom stereocenters. The van der Waals surface area contributed by atoms with E-state index in [1.807, 2.05) is 30.3 Å². The number of hydrogen-bond donors (Lipinski definition) is 2. The van der Waals surface area contributed by atoms with Crippen LogP contribution in [0.4, 0.5) is 10.8 Å². The maximum absolute atomic E-state index is 12.7. The Balaban J connectivity index is 0.00000171. The van der Waals surface area contributed by atoms with Gasteiger partial charge < -0.3 is 10.2 Å². The minimum atomic E-state index is -3.70. The molecule has 1 aromatic heterocycles. The van der Waals surface area contributed by atoms with Crippen LogP contribution in [0.1, 0.15) is 14.8 Å². The molecule has 9 heteroatoms. The summed E-state index contributed by atoms with van der Waals surface area (Å²) in [7, 11) is -3.70. The van der Waals surface area contributed by atoms with Crippen LogP contribution in [0.15, 0.2) is 71.1 Å². The molecule has 1 fully saturated rings. The van der Waals surface area contributed by atoms with Crippen LogP contribution in [0.3, 0.4) is 0 Å². The summed E-state index contributed by atoms with van der Waals surface area (Å²) in [6.07, 6.45) is 2.24. The van der Waals surface area contributed by atoms with Crippen LogP contribution in [-0.4, -0.2) is 31.9 Å². The first-order valence-corrected chi connectivity index (χ1v) is 11.5. The van der Waals surface area contributed by atoms with E-state index in [2.05, 4.69) is 15.0 Å². The molecule has 0 saturated carbocycles. The number of anilines is 2. The van der Waals surface area contributed by atoms with Gasteiger partial charge in [-0.2, -0.15) is 0 Å². The Labute approximate surface area is 176 Å². The molecule has 0 unspecified atom stereocenters. The van der Waals surface area contributed by atoms with Crippen molar-refractivity contribution in [2.24, 2.45) is 0 Å². The van der Waals surface area contributed by atoms with Crippen molar-refractivity contribution < 1.29 is 16.1 Å². The van der Waals surface area contributed by atoms with E-state index in [4.69, 9.17) is 0 Å². The molecule has 154 valence electrons. The van der Waals surface area contributed by atoms with Gasteiger partial charge in [0.05, 0.1) is 10.9 Å². The zero-order valence-electron chi connectivity index (χ0n) is 15.5. The number of amides is 1. The van der Waals surface area contributed by atoms with Crippen molar-refractivity contribution in [3.05, 3.63) is 71.7 Å². The third kappa shape index (κ3) is 4.47. The average molecular weight is 433 g/mol. The van der Waals surface area contributed by atoms with Crippen LogP contribution < -0.4 is 14.9 Å². The number of rotatable bonds is 7. The number of sulfonamides is 1. The summed E-state index contributed by atoms with van der Waals surface area (Å²) in [4.78, 5) is 18.5. The van der Waals surface area contributed by atoms with E-state index in [-0.39, 0.29) is 19.7 Å². The second-order valence-corrected chi connectivity index (χ2v) is 9.21. The Bertz CT molecular complexity index is 1080. The monoisotopic (exact) mass is 432 g/mol. The zero-order chi connectivity index (χ0) is 20.3. The molecule has 0 aliphatic carbocycles.